The van der Waals surface area contributed by atoms with Gasteiger partial charge in [-0.25, -0.2) is 4.98 Å². The van der Waals surface area contributed by atoms with Gasteiger partial charge >= 0.3 is 0 Å². The lowest BCUT2D eigenvalue weighted by atomic mass is 10.1. The normalized spacial score (nSPS) is 10.2. The predicted molar refractivity (Wildman–Crippen MR) is 74.3 cm³/mol. The van der Waals surface area contributed by atoms with E-state index in [1.165, 1.54) is 23.5 Å². The molecule has 0 saturated heterocycles. The van der Waals surface area contributed by atoms with Crippen LogP contribution in [0.25, 0.3) is 0 Å². The molecule has 0 spiro atoms. The number of nitrogens with zero attached hydrogens (tertiary/aromatic N) is 2. The Morgan fingerprint density at radius 2 is 2.21 bits per heavy atom. The first-order chi connectivity index (χ1) is 9.15. The Morgan fingerprint density at radius 3 is 2.95 bits per heavy atom. The average Bonchev–Trinajstić information content (AvgIpc) is 2.38. The van der Waals surface area contributed by atoms with Gasteiger partial charge in [-0.2, -0.15) is 0 Å². The number of halogens is 1. The maximum absolute atomic E-state index is 11.8. The summed E-state index contributed by atoms with van der Waals surface area (Å²) < 4.78 is 0. The second-order valence-electron chi connectivity index (χ2n) is 4.22. The highest BCUT2D eigenvalue weighted by molar-refractivity contribution is 6.29. The lowest BCUT2D eigenvalue weighted by Gasteiger charge is -2.05. The van der Waals surface area contributed by atoms with Crippen LogP contribution in [0.1, 0.15) is 21.6 Å². The number of rotatable bonds is 4. The minimum Gasteiger partial charge on any atom is -0.350 e. The Bertz CT molecular complexity index is 586. The van der Waals surface area contributed by atoms with Gasteiger partial charge in [-0.15, -0.1) is 0 Å². The fourth-order valence-corrected chi connectivity index (χ4v) is 1.88. The highest BCUT2D eigenvalue weighted by atomic mass is 35.5. The van der Waals surface area contributed by atoms with Crippen LogP contribution in [-0.2, 0) is 6.42 Å². The monoisotopic (exact) mass is 275 g/mol. The van der Waals surface area contributed by atoms with E-state index in [1.54, 1.807) is 0 Å². The Hall–Kier alpha value is -1.94. The lowest BCUT2D eigenvalue weighted by molar-refractivity contribution is 0.0949. The molecule has 2 aromatic rings. The van der Waals surface area contributed by atoms with E-state index >= 15 is 0 Å². The van der Waals surface area contributed by atoms with Crippen molar-refractivity contribution in [3.63, 3.8) is 0 Å². The van der Waals surface area contributed by atoms with Crippen molar-refractivity contribution in [1.29, 1.82) is 0 Å². The first-order valence-corrected chi connectivity index (χ1v) is 6.34. The number of benzene rings is 1. The molecule has 0 bridgehead atoms. The molecular formula is C14H14ClN3O. The molecule has 4 nitrogen and oxygen atoms in total. The van der Waals surface area contributed by atoms with Crippen LogP contribution in [-0.4, -0.2) is 22.4 Å². The van der Waals surface area contributed by atoms with Gasteiger partial charge in [0, 0.05) is 6.54 Å². The summed E-state index contributed by atoms with van der Waals surface area (Å²) in [5.74, 6) is -0.261. The number of aryl methyl sites for hydroxylation is 1. The van der Waals surface area contributed by atoms with Crippen LogP contribution in [0.3, 0.4) is 0 Å². The summed E-state index contributed by atoms with van der Waals surface area (Å²) in [5, 5.41) is 3.01. The van der Waals surface area contributed by atoms with Crippen LogP contribution in [0.2, 0.25) is 5.15 Å². The molecular weight excluding hydrogens is 262 g/mol. The van der Waals surface area contributed by atoms with Crippen LogP contribution in [0, 0.1) is 6.92 Å². The summed E-state index contributed by atoms with van der Waals surface area (Å²) in [6.07, 6.45) is 3.57. The molecule has 0 fully saturated rings. The molecule has 1 N–H and O–H groups in total. The Morgan fingerprint density at radius 1 is 1.37 bits per heavy atom. The van der Waals surface area contributed by atoms with Crippen molar-refractivity contribution in [3.05, 3.63) is 58.6 Å². The third-order valence-corrected chi connectivity index (χ3v) is 2.80. The third-order valence-electron chi connectivity index (χ3n) is 2.62. The molecule has 0 aliphatic carbocycles. The fourth-order valence-electron chi connectivity index (χ4n) is 1.73. The number of nitrogens with one attached hydrogen (secondary N) is 1. The highest BCUT2D eigenvalue weighted by Crippen LogP contribution is 2.05. The minimum absolute atomic E-state index is 0.214. The van der Waals surface area contributed by atoms with Gasteiger partial charge in [-0.1, -0.05) is 41.4 Å². The van der Waals surface area contributed by atoms with E-state index in [2.05, 4.69) is 21.4 Å². The van der Waals surface area contributed by atoms with Crippen molar-refractivity contribution in [2.45, 2.75) is 13.3 Å². The zero-order valence-corrected chi connectivity index (χ0v) is 11.3. The van der Waals surface area contributed by atoms with E-state index in [9.17, 15) is 4.79 Å². The molecule has 0 saturated carbocycles. The molecule has 0 unspecified atom stereocenters. The number of hydrogen-bond donors (Lipinski definition) is 1. The maximum atomic E-state index is 11.8. The number of carbonyl (C=O) groups is 1. The SMILES string of the molecule is Cc1cccc(CCNC(=O)c2cncc(Cl)n2)c1. The molecule has 0 atom stereocenters. The van der Waals surface area contributed by atoms with Gasteiger partial charge in [0.05, 0.1) is 12.4 Å². The molecule has 1 aromatic carbocycles. The first-order valence-electron chi connectivity index (χ1n) is 5.96. The van der Waals surface area contributed by atoms with E-state index in [0.717, 1.165) is 6.42 Å². The molecule has 98 valence electrons. The van der Waals surface area contributed by atoms with E-state index < -0.39 is 0 Å². The van der Waals surface area contributed by atoms with Crippen molar-refractivity contribution >= 4 is 17.5 Å². The summed E-state index contributed by atoms with van der Waals surface area (Å²) in [6, 6.07) is 8.20. The Balaban J connectivity index is 1.87. The smallest absolute Gasteiger partial charge is 0.271 e. The Labute approximate surface area is 116 Å². The molecule has 1 aromatic heterocycles. The molecule has 0 aliphatic heterocycles. The fraction of sp³-hybridized carbons (Fsp3) is 0.214. The second-order valence-corrected chi connectivity index (χ2v) is 4.61. The van der Waals surface area contributed by atoms with E-state index in [4.69, 9.17) is 11.6 Å². The molecule has 2 rings (SSSR count). The van der Waals surface area contributed by atoms with Crippen LogP contribution in [0.5, 0.6) is 0 Å². The minimum atomic E-state index is -0.261. The summed E-state index contributed by atoms with van der Waals surface area (Å²) >= 11 is 5.68. The van der Waals surface area contributed by atoms with Crippen LogP contribution in [0.4, 0.5) is 0 Å². The summed E-state index contributed by atoms with van der Waals surface area (Å²) in [4.78, 5) is 19.5. The van der Waals surface area contributed by atoms with Gasteiger partial charge in [-0.3, -0.25) is 9.78 Å². The predicted octanol–water partition coefficient (Wildman–Crippen LogP) is 2.41. The van der Waals surface area contributed by atoms with Crippen molar-refractivity contribution in [2.75, 3.05) is 6.54 Å². The molecule has 0 radical (unpaired) electrons. The summed E-state index contributed by atoms with van der Waals surface area (Å²) in [7, 11) is 0. The van der Waals surface area contributed by atoms with Gasteiger partial charge in [0.1, 0.15) is 10.8 Å². The van der Waals surface area contributed by atoms with Gasteiger partial charge in [-0.05, 0) is 18.9 Å². The molecule has 1 heterocycles. The summed E-state index contributed by atoms with van der Waals surface area (Å²) in [5.41, 5.74) is 2.64. The van der Waals surface area contributed by atoms with E-state index in [-0.39, 0.29) is 16.8 Å². The molecule has 1 amide bonds. The molecule has 19 heavy (non-hydrogen) atoms. The van der Waals surface area contributed by atoms with Crippen LogP contribution >= 0.6 is 11.6 Å². The number of hydrogen-bond acceptors (Lipinski definition) is 3. The molecule has 5 heteroatoms. The van der Waals surface area contributed by atoms with E-state index in [0.29, 0.717) is 6.54 Å². The topological polar surface area (TPSA) is 54.9 Å². The largest absolute Gasteiger partial charge is 0.350 e. The lowest BCUT2D eigenvalue weighted by Crippen LogP contribution is -2.26. The zero-order chi connectivity index (χ0) is 13.7. The average molecular weight is 276 g/mol. The number of amides is 1. The van der Waals surface area contributed by atoms with Crippen molar-refractivity contribution < 1.29 is 4.79 Å². The van der Waals surface area contributed by atoms with Gasteiger partial charge in [0.25, 0.3) is 5.91 Å². The van der Waals surface area contributed by atoms with Gasteiger partial charge < -0.3 is 5.32 Å². The number of aromatic nitrogens is 2. The third kappa shape index (κ3) is 4.03. The van der Waals surface area contributed by atoms with Crippen molar-refractivity contribution in [3.8, 4) is 0 Å². The van der Waals surface area contributed by atoms with Gasteiger partial charge in [0.15, 0.2) is 0 Å². The first kappa shape index (κ1) is 13.5. The van der Waals surface area contributed by atoms with E-state index in [1.807, 2.05) is 25.1 Å². The van der Waals surface area contributed by atoms with Gasteiger partial charge in [0.2, 0.25) is 0 Å². The maximum Gasteiger partial charge on any atom is 0.271 e. The Kier molecular flexibility index (Phi) is 4.47. The van der Waals surface area contributed by atoms with Crippen molar-refractivity contribution in [1.82, 2.24) is 15.3 Å². The highest BCUT2D eigenvalue weighted by Gasteiger charge is 2.07. The zero-order valence-electron chi connectivity index (χ0n) is 10.6. The van der Waals surface area contributed by atoms with Crippen LogP contribution in [0.15, 0.2) is 36.7 Å². The van der Waals surface area contributed by atoms with Crippen LogP contribution < -0.4 is 5.32 Å². The summed E-state index contributed by atoms with van der Waals surface area (Å²) in [6.45, 7) is 2.60. The van der Waals surface area contributed by atoms with Crippen molar-refractivity contribution in [2.24, 2.45) is 0 Å². The second kappa shape index (κ2) is 6.29. The molecule has 0 aliphatic rings. The number of carbonyl (C=O) groups excluding carboxylic acids is 1. The standard InChI is InChI=1S/C14H14ClN3O/c1-10-3-2-4-11(7-10)5-6-17-14(19)12-8-16-9-13(15)18-12/h2-4,7-9H,5-6H2,1H3,(H,17,19). The quantitative estimate of drug-likeness (QED) is 0.932.